The quantitative estimate of drug-likeness (QED) is 0.608. The van der Waals surface area contributed by atoms with Gasteiger partial charge in [-0.05, 0) is 5.56 Å². The van der Waals surface area contributed by atoms with Crippen LogP contribution in [0.2, 0.25) is 0 Å². The Morgan fingerprint density at radius 2 is 2.03 bits per heavy atom. The van der Waals surface area contributed by atoms with Gasteiger partial charge in [0.15, 0.2) is 11.8 Å². The van der Waals surface area contributed by atoms with Crippen LogP contribution in [0.4, 0.5) is 0 Å². The maximum atomic E-state index is 6.09. The molecule has 0 aliphatic carbocycles. The lowest BCUT2D eigenvalue weighted by Crippen LogP contribution is -2.50. The van der Waals surface area contributed by atoms with E-state index in [4.69, 9.17) is 9.26 Å². The van der Waals surface area contributed by atoms with Crippen molar-refractivity contribution in [1.82, 2.24) is 25.3 Å². The molecule has 2 unspecified atom stereocenters. The lowest BCUT2D eigenvalue weighted by molar-refractivity contribution is -0.0502. The maximum absolute atomic E-state index is 6.09. The number of aromatic nitrogens is 2. The number of benzene rings is 1. The predicted molar refractivity (Wildman–Crippen MR) is 115 cm³/mol. The summed E-state index contributed by atoms with van der Waals surface area (Å²) in [6.07, 6.45) is 0.193. The number of rotatable bonds is 4. The highest BCUT2D eigenvalue weighted by atomic mass is 16.5. The average molecular weight is 413 g/mol. The standard InChI is InChI=1S/C22H32N6O2/c1-22(2,3)20-25-19(26-30-20)12-24-21(23-4)28-14-17-18(15-28)29-11-10-27(17)13-16-8-6-5-7-9-16/h5-9,17-18H,10-15H2,1-4H3,(H,23,24). The third kappa shape index (κ3) is 4.65. The molecule has 1 aromatic carbocycles. The number of nitrogens with one attached hydrogen (secondary N) is 1. The van der Waals surface area contributed by atoms with E-state index in [1.807, 2.05) is 7.05 Å². The van der Waals surface area contributed by atoms with Crippen molar-refractivity contribution in [2.75, 3.05) is 33.3 Å². The molecule has 2 aliphatic heterocycles. The van der Waals surface area contributed by atoms with Crippen molar-refractivity contribution < 1.29 is 9.26 Å². The molecule has 8 heteroatoms. The first-order valence-electron chi connectivity index (χ1n) is 10.6. The third-order valence-electron chi connectivity index (χ3n) is 5.67. The summed E-state index contributed by atoms with van der Waals surface area (Å²) in [6.45, 7) is 11.0. The molecule has 8 nitrogen and oxygen atoms in total. The number of hydrogen-bond acceptors (Lipinski definition) is 6. The molecule has 0 saturated carbocycles. The van der Waals surface area contributed by atoms with Crippen molar-refractivity contribution in [3.8, 4) is 0 Å². The van der Waals surface area contributed by atoms with Crippen molar-refractivity contribution in [2.24, 2.45) is 4.99 Å². The highest BCUT2D eigenvalue weighted by Gasteiger charge is 2.41. The number of guanidine groups is 1. The molecule has 162 valence electrons. The smallest absolute Gasteiger partial charge is 0.232 e. The van der Waals surface area contributed by atoms with E-state index in [1.165, 1.54) is 5.56 Å². The summed E-state index contributed by atoms with van der Waals surface area (Å²) >= 11 is 0. The predicted octanol–water partition coefficient (Wildman–Crippen LogP) is 2.03. The Bertz CT molecular complexity index is 860. The van der Waals surface area contributed by atoms with Crippen LogP contribution in [0.3, 0.4) is 0 Å². The highest BCUT2D eigenvalue weighted by Crippen LogP contribution is 2.25. The minimum Gasteiger partial charge on any atom is -0.373 e. The summed E-state index contributed by atoms with van der Waals surface area (Å²) in [5.41, 5.74) is 1.18. The largest absolute Gasteiger partial charge is 0.373 e. The molecule has 2 aromatic rings. The molecule has 0 radical (unpaired) electrons. The highest BCUT2D eigenvalue weighted by molar-refractivity contribution is 5.80. The molecule has 4 rings (SSSR count). The zero-order valence-corrected chi connectivity index (χ0v) is 18.3. The van der Waals surface area contributed by atoms with Crippen LogP contribution in [-0.2, 0) is 23.2 Å². The van der Waals surface area contributed by atoms with E-state index >= 15 is 0 Å². The van der Waals surface area contributed by atoms with Crippen molar-refractivity contribution in [3.63, 3.8) is 0 Å². The van der Waals surface area contributed by atoms with Gasteiger partial charge < -0.3 is 19.5 Å². The van der Waals surface area contributed by atoms with Gasteiger partial charge in [-0.15, -0.1) is 0 Å². The number of likely N-dealkylation sites (tertiary alicyclic amines) is 1. The first-order chi connectivity index (χ1) is 14.4. The number of hydrogen-bond donors (Lipinski definition) is 1. The number of fused-ring (bicyclic) bond motifs is 1. The van der Waals surface area contributed by atoms with Crippen LogP contribution < -0.4 is 5.32 Å². The monoisotopic (exact) mass is 412 g/mol. The minimum atomic E-state index is -0.156. The maximum Gasteiger partial charge on any atom is 0.232 e. The van der Waals surface area contributed by atoms with Gasteiger partial charge in [-0.2, -0.15) is 4.98 Å². The summed E-state index contributed by atoms with van der Waals surface area (Å²) < 4.78 is 11.5. The van der Waals surface area contributed by atoms with E-state index in [2.05, 4.69) is 81.4 Å². The normalized spacial score (nSPS) is 22.9. The fourth-order valence-electron chi connectivity index (χ4n) is 4.07. The summed E-state index contributed by atoms with van der Waals surface area (Å²) in [6, 6.07) is 11.0. The second kappa shape index (κ2) is 8.73. The number of ether oxygens (including phenoxy) is 1. The first kappa shape index (κ1) is 20.8. The van der Waals surface area contributed by atoms with Crippen molar-refractivity contribution >= 4 is 5.96 Å². The molecule has 0 amide bonds. The molecule has 1 aromatic heterocycles. The fraction of sp³-hybridized carbons (Fsp3) is 0.591. The second-order valence-electron chi connectivity index (χ2n) is 9.00. The molecule has 2 fully saturated rings. The lowest BCUT2D eigenvalue weighted by atomic mass is 9.97. The van der Waals surface area contributed by atoms with Crippen molar-refractivity contribution in [1.29, 1.82) is 0 Å². The average Bonchev–Trinajstić information content (AvgIpc) is 3.37. The van der Waals surface area contributed by atoms with Gasteiger partial charge in [-0.3, -0.25) is 9.89 Å². The van der Waals surface area contributed by atoms with E-state index < -0.39 is 0 Å². The summed E-state index contributed by atoms with van der Waals surface area (Å²) in [7, 11) is 1.81. The van der Waals surface area contributed by atoms with Crippen LogP contribution >= 0.6 is 0 Å². The number of nitrogens with zero attached hydrogens (tertiary/aromatic N) is 5. The Morgan fingerprint density at radius 3 is 2.73 bits per heavy atom. The third-order valence-corrected chi connectivity index (χ3v) is 5.67. The second-order valence-corrected chi connectivity index (χ2v) is 9.00. The minimum absolute atomic E-state index is 0.156. The van der Waals surface area contributed by atoms with Gasteiger partial charge >= 0.3 is 0 Å². The van der Waals surface area contributed by atoms with Gasteiger partial charge in [0.2, 0.25) is 5.89 Å². The van der Waals surface area contributed by atoms with Crippen LogP contribution in [0.15, 0.2) is 39.8 Å². The molecule has 2 saturated heterocycles. The topological polar surface area (TPSA) is 79.0 Å². The zero-order valence-electron chi connectivity index (χ0n) is 18.3. The number of morpholine rings is 1. The molecule has 0 spiro atoms. The van der Waals surface area contributed by atoms with Gasteiger partial charge in [-0.1, -0.05) is 56.3 Å². The van der Waals surface area contributed by atoms with E-state index in [1.54, 1.807) is 0 Å². The van der Waals surface area contributed by atoms with E-state index in [-0.39, 0.29) is 11.5 Å². The Morgan fingerprint density at radius 1 is 1.23 bits per heavy atom. The molecule has 2 atom stereocenters. The molecular formula is C22H32N6O2. The fourth-order valence-corrected chi connectivity index (χ4v) is 4.07. The number of aliphatic imine (C=N–C) groups is 1. The van der Waals surface area contributed by atoms with Crippen LogP contribution in [-0.4, -0.2) is 71.3 Å². The van der Waals surface area contributed by atoms with Gasteiger partial charge in [-0.25, -0.2) is 0 Å². The Labute approximate surface area is 178 Å². The van der Waals surface area contributed by atoms with Crippen LogP contribution in [0, 0.1) is 0 Å². The van der Waals surface area contributed by atoms with Crippen molar-refractivity contribution in [3.05, 3.63) is 47.6 Å². The Balaban J connectivity index is 1.37. The van der Waals surface area contributed by atoms with E-state index in [0.29, 0.717) is 24.3 Å². The van der Waals surface area contributed by atoms with Gasteiger partial charge in [0.1, 0.15) is 0 Å². The van der Waals surface area contributed by atoms with E-state index in [9.17, 15) is 0 Å². The van der Waals surface area contributed by atoms with Crippen molar-refractivity contribution in [2.45, 2.75) is 51.4 Å². The first-order valence-corrected chi connectivity index (χ1v) is 10.6. The molecule has 30 heavy (non-hydrogen) atoms. The van der Waals surface area contributed by atoms with E-state index in [0.717, 1.165) is 38.7 Å². The summed E-state index contributed by atoms with van der Waals surface area (Å²) in [4.78, 5) is 13.8. The molecule has 3 heterocycles. The van der Waals surface area contributed by atoms with Crippen LogP contribution in [0.1, 0.15) is 38.0 Å². The molecule has 1 N–H and O–H groups in total. The van der Waals surface area contributed by atoms with Crippen LogP contribution in [0.5, 0.6) is 0 Å². The van der Waals surface area contributed by atoms with Gasteiger partial charge in [0.05, 0.1) is 25.3 Å². The molecular weight excluding hydrogens is 380 g/mol. The van der Waals surface area contributed by atoms with Gasteiger partial charge in [0.25, 0.3) is 0 Å². The Kier molecular flexibility index (Phi) is 6.06. The molecule has 0 bridgehead atoms. The SMILES string of the molecule is CN=C(NCc1noc(C(C)(C)C)n1)N1CC2OCCN(Cc3ccccc3)C2C1. The molecule has 2 aliphatic rings. The van der Waals surface area contributed by atoms with Crippen LogP contribution in [0.25, 0.3) is 0 Å². The summed E-state index contributed by atoms with van der Waals surface area (Å²) in [5.74, 6) is 2.13. The zero-order chi connectivity index (χ0) is 21.1. The lowest BCUT2D eigenvalue weighted by Gasteiger charge is -2.36. The summed E-state index contributed by atoms with van der Waals surface area (Å²) in [5, 5.41) is 7.48. The van der Waals surface area contributed by atoms with Gasteiger partial charge in [0, 0.05) is 38.6 Å². The Hall–Kier alpha value is -2.45.